The van der Waals surface area contributed by atoms with Crippen molar-refractivity contribution in [2.24, 2.45) is 0 Å². The Morgan fingerprint density at radius 2 is 1.76 bits per heavy atom. The number of anilines is 2. The van der Waals surface area contributed by atoms with Crippen molar-refractivity contribution in [2.75, 3.05) is 44.0 Å². The first-order valence-electron chi connectivity index (χ1n) is 12.7. The van der Waals surface area contributed by atoms with E-state index in [1.165, 1.54) is 37.1 Å². The van der Waals surface area contributed by atoms with Crippen LogP contribution >= 0.6 is 0 Å². The number of nitrogens with two attached hydrogens (primary N) is 1. The lowest BCUT2D eigenvalue weighted by Gasteiger charge is -2.31. The molecule has 8 nitrogen and oxygen atoms in total. The van der Waals surface area contributed by atoms with Gasteiger partial charge >= 0.3 is 6.01 Å². The van der Waals surface area contributed by atoms with Crippen LogP contribution in [0, 0.1) is 0 Å². The van der Waals surface area contributed by atoms with Crippen LogP contribution in [0.15, 0.2) is 60.8 Å². The number of methoxy groups -OCH3 is 1. The van der Waals surface area contributed by atoms with Crippen LogP contribution in [0.5, 0.6) is 6.01 Å². The second kappa shape index (κ2) is 11.1. The van der Waals surface area contributed by atoms with E-state index in [2.05, 4.69) is 70.0 Å². The lowest BCUT2D eigenvalue weighted by atomic mass is 9.99. The lowest BCUT2D eigenvalue weighted by molar-refractivity contribution is -0.115. The summed E-state index contributed by atoms with van der Waals surface area (Å²) in [7, 11) is 1.60. The number of carbonyl (C=O) groups excluding carboxylic acids is 1. The van der Waals surface area contributed by atoms with E-state index >= 15 is 0 Å². The molecule has 0 aliphatic carbocycles. The van der Waals surface area contributed by atoms with Crippen molar-refractivity contribution in [1.82, 2.24) is 14.9 Å². The maximum Gasteiger partial charge on any atom is 0.320 e. The second-order valence-corrected chi connectivity index (χ2v) is 9.55. The minimum Gasteiger partial charge on any atom is -0.461 e. The highest BCUT2D eigenvalue weighted by Crippen LogP contribution is 2.34. The number of Topliss-reactive ketones (excluding diaryl/α,β-unsaturated/α-hetero) is 1. The van der Waals surface area contributed by atoms with Crippen molar-refractivity contribution >= 4 is 17.4 Å². The largest absolute Gasteiger partial charge is 0.461 e. The van der Waals surface area contributed by atoms with Crippen LogP contribution < -0.4 is 15.4 Å². The van der Waals surface area contributed by atoms with Crippen molar-refractivity contribution < 1.29 is 14.3 Å². The van der Waals surface area contributed by atoms with Gasteiger partial charge in [0, 0.05) is 32.2 Å². The average Bonchev–Trinajstić information content (AvgIpc) is 3.41. The summed E-state index contributed by atoms with van der Waals surface area (Å²) in [5, 5.41) is 0. The van der Waals surface area contributed by atoms with Gasteiger partial charge in [0.25, 0.3) is 0 Å². The predicted molar refractivity (Wildman–Crippen MR) is 144 cm³/mol. The molecule has 2 aliphatic rings. The van der Waals surface area contributed by atoms with Gasteiger partial charge in [-0.25, -0.2) is 0 Å². The third-order valence-electron chi connectivity index (χ3n) is 6.92. The molecule has 0 spiro atoms. The molecule has 192 valence electrons. The Balaban J connectivity index is 1.35. The molecule has 2 aromatic carbocycles. The number of hydrogen-bond acceptors (Lipinski definition) is 8. The summed E-state index contributed by atoms with van der Waals surface area (Å²) < 4.78 is 10.6. The van der Waals surface area contributed by atoms with Gasteiger partial charge in [0.1, 0.15) is 18.2 Å². The number of ketones is 1. The van der Waals surface area contributed by atoms with Crippen molar-refractivity contribution in [3.05, 3.63) is 77.5 Å². The number of allylic oxidation sites excluding steroid dienone is 1. The number of nitrogen functional groups attached to an aromatic ring is 1. The normalized spacial score (nSPS) is 15.8. The number of hydrogen-bond donors (Lipinski definition) is 1. The van der Waals surface area contributed by atoms with E-state index in [4.69, 9.17) is 15.2 Å². The molecular formula is C29H33N5O3. The standard InChI is InChI=1S/C29H33N5O3/c1-20-26(35)17-25-27(30)31-29(37-15-14-36-2)32-28(25)34(20)19-21-8-10-23(11-9-21)24-7-5-6-22(16-24)18-33-12-3-4-13-33/h5-11,16H,1,3-4,12-15,17-19H2,2H3,(H2,30,31,32). The van der Waals surface area contributed by atoms with E-state index in [0.717, 1.165) is 17.7 Å². The van der Waals surface area contributed by atoms with Gasteiger partial charge in [0.2, 0.25) is 0 Å². The molecule has 1 aromatic heterocycles. The summed E-state index contributed by atoms with van der Waals surface area (Å²) >= 11 is 0. The molecule has 5 rings (SSSR count). The molecule has 2 aliphatic heterocycles. The minimum absolute atomic E-state index is 0.0951. The zero-order valence-corrected chi connectivity index (χ0v) is 21.3. The van der Waals surface area contributed by atoms with Crippen molar-refractivity contribution in [2.45, 2.75) is 32.4 Å². The summed E-state index contributed by atoms with van der Waals surface area (Å²) in [4.78, 5) is 25.8. The quantitative estimate of drug-likeness (QED) is 0.349. The first-order valence-corrected chi connectivity index (χ1v) is 12.7. The Kier molecular flexibility index (Phi) is 7.48. The summed E-state index contributed by atoms with van der Waals surface area (Å²) in [6.45, 7) is 8.54. The number of ether oxygens (including phenoxy) is 2. The molecule has 0 unspecified atom stereocenters. The van der Waals surface area contributed by atoms with E-state index in [9.17, 15) is 4.79 Å². The van der Waals surface area contributed by atoms with Crippen LogP contribution in [0.4, 0.5) is 11.6 Å². The van der Waals surface area contributed by atoms with Gasteiger partial charge < -0.3 is 20.1 Å². The third-order valence-corrected chi connectivity index (χ3v) is 6.92. The summed E-state index contributed by atoms with van der Waals surface area (Å²) in [6, 6.07) is 17.3. The highest BCUT2D eigenvalue weighted by atomic mass is 16.5. The number of likely N-dealkylation sites (tertiary alicyclic amines) is 1. The number of carbonyl (C=O) groups is 1. The zero-order chi connectivity index (χ0) is 25.8. The predicted octanol–water partition coefficient (Wildman–Crippen LogP) is 3.99. The second-order valence-electron chi connectivity index (χ2n) is 9.55. The Labute approximate surface area is 217 Å². The summed E-state index contributed by atoms with van der Waals surface area (Å²) in [5.41, 5.74) is 11.9. The van der Waals surface area contributed by atoms with Crippen molar-refractivity contribution in [3.8, 4) is 17.1 Å². The minimum atomic E-state index is -0.0951. The van der Waals surface area contributed by atoms with Crippen LogP contribution in [-0.4, -0.2) is 54.1 Å². The van der Waals surface area contributed by atoms with Gasteiger partial charge in [-0.05, 0) is 54.3 Å². The van der Waals surface area contributed by atoms with Crippen molar-refractivity contribution in [3.63, 3.8) is 0 Å². The molecule has 1 fully saturated rings. The van der Waals surface area contributed by atoms with E-state index in [1.54, 1.807) is 12.0 Å². The van der Waals surface area contributed by atoms with Crippen LogP contribution in [-0.2, 0) is 29.0 Å². The van der Waals surface area contributed by atoms with E-state index in [1.807, 2.05) is 0 Å². The Morgan fingerprint density at radius 1 is 0.973 bits per heavy atom. The Morgan fingerprint density at radius 3 is 2.51 bits per heavy atom. The molecule has 37 heavy (non-hydrogen) atoms. The van der Waals surface area contributed by atoms with Gasteiger partial charge in [-0.1, -0.05) is 49.0 Å². The molecule has 0 amide bonds. The fourth-order valence-electron chi connectivity index (χ4n) is 4.89. The zero-order valence-electron chi connectivity index (χ0n) is 21.3. The first kappa shape index (κ1) is 24.9. The van der Waals surface area contributed by atoms with Gasteiger partial charge in [0.15, 0.2) is 5.78 Å². The lowest BCUT2D eigenvalue weighted by Crippen LogP contribution is -2.34. The Hall–Kier alpha value is -3.75. The molecule has 8 heteroatoms. The van der Waals surface area contributed by atoms with Crippen LogP contribution in [0.3, 0.4) is 0 Å². The van der Waals surface area contributed by atoms with Gasteiger partial charge in [0.05, 0.1) is 12.3 Å². The number of aromatic nitrogens is 2. The number of fused-ring (bicyclic) bond motifs is 1. The molecule has 0 radical (unpaired) electrons. The van der Waals surface area contributed by atoms with Crippen LogP contribution in [0.2, 0.25) is 0 Å². The van der Waals surface area contributed by atoms with Gasteiger partial charge in [-0.3, -0.25) is 9.69 Å². The van der Waals surface area contributed by atoms with Crippen molar-refractivity contribution in [1.29, 1.82) is 0 Å². The van der Waals surface area contributed by atoms with Gasteiger partial charge in [-0.2, -0.15) is 9.97 Å². The van der Waals surface area contributed by atoms with Gasteiger partial charge in [-0.15, -0.1) is 0 Å². The number of nitrogens with zero attached hydrogens (tertiary/aromatic N) is 4. The maximum atomic E-state index is 12.7. The average molecular weight is 500 g/mol. The molecule has 1 saturated heterocycles. The number of benzene rings is 2. The topological polar surface area (TPSA) is 93.8 Å². The highest BCUT2D eigenvalue weighted by Gasteiger charge is 2.31. The molecule has 0 atom stereocenters. The third kappa shape index (κ3) is 5.65. The smallest absolute Gasteiger partial charge is 0.320 e. The first-order chi connectivity index (χ1) is 18.0. The molecule has 0 saturated carbocycles. The molecule has 0 bridgehead atoms. The summed E-state index contributed by atoms with van der Waals surface area (Å²) in [6.07, 6.45) is 2.71. The monoisotopic (exact) mass is 499 g/mol. The molecule has 3 heterocycles. The van der Waals surface area contributed by atoms with E-state index in [-0.39, 0.29) is 24.0 Å². The maximum absolute atomic E-state index is 12.7. The number of rotatable bonds is 9. The Bertz CT molecular complexity index is 1290. The summed E-state index contributed by atoms with van der Waals surface area (Å²) in [5.74, 6) is 0.706. The highest BCUT2D eigenvalue weighted by molar-refractivity contribution is 6.03. The van der Waals surface area contributed by atoms with E-state index in [0.29, 0.717) is 36.8 Å². The molecule has 2 N–H and O–H groups in total. The SMILES string of the molecule is C=C1C(=O)Cc2c(N)nc(OCCOC)nc2N1Cc1ccc(-c2cccc(CN3CCCC3)c2)cc1. The molecular weight excluding hydrogens is 466 g/mol. The fraction of sp³-hybridized carbons (Fsp3) is 0.345. The molecule has 3 aromatic rings. The van der Waals surface area contributed by atoms with E-state index < -0.39 is 0 Å². The van der Waals surface area contributed by atoms with Crippen LogP contribution in [0.25, 0.3) is 11.1 Å². The van der Waals surface area contributed by atoms with Crippen LogP contribution in [0.1, 0.15) is 29.5 Å². The fourth-order valence-corrected chi connectivity index (χ4v) is 4.89.